The summed E-state index contributed by atoms with van der Waals surface area (Å²) in [5.41, 5.74) is 19.0. The zero-order chi connectivity index (χ0) is 50.1. The zero-order valence-corrected chi connectivity index (χ0v) is 43.1. The van der Waals surface area contributed by atoms with Gasteiger partial charge >= 0.3 is 0 Å². The zero-order valence-electron chi connectivity index (χ0n) is 43.1. The molecule has 0 saturated carbocycles. The van der Waals surface area contributed by atoms with Crippen LogP contribution in [-0.2, 0) is 25.7 Å². The summed E-state index contributed by atoms with van der Waals surface area (Å²) in [5.74, 6) is 0.416. The van der Waals surface area contributed by atoms with E-state index >= 15 is 0 Å². The highest BCUT2D eigenvalue weighted by atomic mass is 15.2. The summed E-state index contributed by atoms with van der Waals surface area (Å²) in [6, 6.07) is 69.5. The first-order valence-corrected chi connectivity index (χ1v) is 28.0. The Morgan fingerprint density at radius 3 is 1.58 bits per heavy atom. The Balaban J connectivity index is 1.03. The Labute approximate surface area is 446 Å². The standard InChI is InChI=1S/C74H60N2/c1-5-21-55-43-59(35-31-49(55)15-1)75(60-36-32-50-16-2-6-22-56(50)44-60)63-39-41-69-71(47-63)73(67-29-13-25-53-19-9-11-27-65(53)67)70-42-40-64(48-72(70)74(69)68-30-14-26-54-20-10-12-28-66(54)68)76(61-37-33-51-17-3-7-23-57(51)45-61)62-38-34-52-18-4-8-24-58(52)46-62/h1-8,13-18,21-26,29-33,35-39,41-48,52,64H,9-12,19-20,27-28,34,40H2. The molecule has 0 N–H and O–H groups in total. The third-order valence-electron chi connectivity index (χ3n) is 17.6. The third kappa shape index (κ3) is 7.76. The lowest BCUT2D eigenvalue weighted by Crippen LogP contribution is -2.42. The van der Waals surface area contributed by atoms with Crippen LogP contribution in [0.15, 0.2) is 230 Å². The van der Waals surface area contributed by atoms with E-state index in [0.29, 0.717) is 5.92 Å². The first-order valence-electron chi connectivity index (χ1n) is 28.0. The molecule has 10 aromatic rings. The maximum absolute atomic E-state index is 2.70. The van der Waals surface area contributed by atoms with E-state index in [4.69, 9.17) is 0 Å². The summed E-state index contributed by atoms with van der Waals surface area (Å²) < 4.78 is 0. The maximum atomic E-state index is 2.70. The lowest BCUT2D eigenvalue weighted by molar-refractivity contribution is 0.686. The molecule has 0 saturated heterocycles. The van der Waals surface area contributed by atoms with Crippen LogP contribution in [-0.4, -0.2) is 6.04 Å². The predicted molar refractivity (Wildman–Crippen MR) is 323 cm³/mol. The molecule has 15 rings (SSSR count). The van der Waals surface area contributed by atoms with Crippen molar-refractivity contribution in [2.45, 2.75) is 70.3 Å². The molecular formula is C74H60N2. The van der Waals surface area contributed by atoms with Crippen LogP contribution in [0.2, 0.25) is 0 Å². The normalized spacial score (nSPS) is 17.5. The molecular weight excluding hydrogens is 917 g/mol. The molecule has 5 aliphatic rings. The van der Waals surface area contributed by atoms with Crippen LogP contribution in [0.1, 0.15) is 60.8 Å². The molecule has 0 fully saturated rings. The number of hydrogen-bond donors (Lipinski definition) is 0. The van der Waals surface area contributed by atoms with Gasteiger partial charge in [-0.25, -0.2) is 0 Å². The minimum Gasteiger partial charge on any atom is -0.334 e. The minimum atomic E-state index is 0.0697. The average Bonchev–Trinajstić information content (AvgIpc) is 3.51. The second kappa shape index (κ2) is 18.7. The van der Waals surface area contributed by atoms with Crippen molar-refractivity contribution >= 4 is 78.0 Å². The van der Waals surface area contributed by atoms with Crippen molar-refractivity contribution in [1.82, 2.24) is 0 Å². The molecule has 0 amide bonds. The smallest absolute Gasteiger partial charge is 0.0566 e. The lowest BCUT2D eigenvalue weighted by atomic mass is 9.79. The summed E-state index contributed by atoms with van der Waals surface area (Å²) in [4.78, 5) is 5.18. The van der Waals surface area contributed by atoms with Gasteiger partial charge in [0, 0.05) is 34.4 Å². The van der Waals surface area contributed by atoms with Gasteiger partial charge in [0.25, 0.3) is 0 Å². The molecule has 10 aromatic carbocycles. The number of nitrogens with zero attached hydrogens (tertiary/aromatic N) is 2. The molecule has 2 nitrogen and oxygen atoms in total. The fraction of sp³-hybridized carbons (Fsp3) is 0.162. The second-order valence-electron chi connectivity index (χ2n) is 21.9. The van der Waals surface area contributed by atoms with E-state index in [1.165, 1.54) is 141 Å². The molecule has 0 aliphatic heterocycles. The molecule has 2 unspecified atom stereocenters. The number of aryl methyl sites for hydroxylation is 2. The van der Waals surface area contributed by atoms with E-state index in [-0.39, 0.29) is 6.04 Å². The van der Waals surface area contributed by atoms with Gasteiger partial charge in [-0.15, -0.1) is 0 Å². The fourth-order valence-electron chi connectivity index (χ4n) is 13.9. The predicted octanol–water partition coefficient (Wildman–Crippen LogP) is 17.7. The molecule has 2 heteroatoms. The molecule has 366 valence electrons. The van der Waals surface area contributed by atoms with Crippen molar-refractivity contribution in [3.8, 4) is 22.3 Å². The summed E-state index contributed by atoms with van der Waals surface area (Å²) in [6.45, 7) is 0. The van der Waals surface area contributed by atoms with E-state index in [1.807, 2.05) is 0 Å². The van der Waals surface area contributed by atoms with Gasteiger partial charge in [-0.1, -0.05) is 176 Å². The van der Waals surface area contributed by atoms with Crippen LogP contribution in [0.4, 0.5) is 22.7 Å². The minimum absolute atomic E-state index is 0.0697. The van der Waals surface area contributed by atoms with Gasteiger partial charge in [-0.3, -0.25) is 0 Å². The molecule has 0 radical (unpaired) electrons. The van der Waals surface area contributed by atoms with Gasteiger partial charge in [0.1, 0.15) is 0 Å². The fourth-order valence-corrected chi connectivity index (χ4v) is 13.9. The highest BCUT2D eigenvalue weighted by Gasteiger charge is 2.30. The first kappa shape index (κ1) is 45.0. The van der Waals surface area contributed by atoms with Crippen molar-refractivity contribution in [3.05, 3.63) is 262 Å². The highest BCUT2D eigenvalue weighted by Crippen LogP contribution is 2.45. The lowest BCUT2D eigenvalue weighted by Gasteiger charge is -2.37. The van der Waals surface area contributed by atoms with Crippen molar-refractivity contribution in [3.63, 3.8) is 0 Å². The van der Waals surface area contributed by atoms with E-state index in [0.717, 1.165) is 55.6 Å². The van der Waals surface area contributed by atoms with Crippen LogP contribution in [0.3, 0.4) is 0 Å². The van der Waals surface area contributed by atoms with Gasteiger partial charge < -0.3 is 9.80 Å². The summed E-state index contributed by atoms with van der Waals surface area (Å²) in [5, 5.41) is 12.9. The molecule has 5 aliphatic carbocycles. The summed E-state index contributed by atoms with van der Waals surface area (Å²) in [6.07, 6.45) is 30.7. The molecule has 0 bridgehead atoms. The van der Waals surface area contributed by atoms with Gasteiger partial charge in [0.2, 0.25) is 0 Å². The molecule has 0 heterocycles. The topological polar surface area (TPSA) is 6.48 Å². The number of rotatable bonds is 8. The number of fused-ring (bicyclic) bond motifs is 8. The molecule has 76 heavy (non-hydrogen) atoms. The van der Waals surface area contributed by atoms with Crippen LogP contribution < -0.4 is 20.2 Å². The van der Waals surface area contributed by atoms with E-state index in [1.54, 1.807) is 0 Å². The number of benzene rings is 10. The van der Waals surface area contributed by atoms with Crippen molar-refractivity contribution in [2.75, 3.05) is 9.80 Å². The maximum Gasteiger partial charge on any atom is 0.0566 e. The van der Waals surface area contributed by atoms with Crippen LogP contribution in [0.25, 0.3) is 77.5 Å². The van der Waals surface area contributed by atoms with Gasteiger partial charge in [0.05, 0.1) is 6.04 Å². The van der Waals surface area contributed by atoms with E-state index < -0.39 is 0 Å². The van der Waals surface area contributed by atoms with E-state index in [2.05, 4.69) is 240 Å². The largest absolute Gasteiger partial charge is 0.334 e. The highest BCUT2D eigenvalue weighted by molar-refractivity contribution is 6.09. The second-order valence-corrected chi connectivity index (χ2v) is 21.9. The summed E-state index contributed by atoms with van der Waals surface area (Å²) >= 11 is 0. The quantitative estimate of drug-likeness (QED) is 0.150. The number of anilines is 4. The van der Waals surface area contributed by atoms with Crippen molar-refractivity contribution < 1.29 is 0 Å². The Kier molecular flexibility index (Phi) is 11.1. The van der Waals surface area contributed by atoms with Crippen molar-refractivity contribution in [2.24, 2.45) is 5.92 Å². The monoisotopic (exact) mass is 976 g/mol. The Bertz CT molecular complexity index is 4200. The summed E-state index contributed by atoms with van der Waals surface area (Å²) in [7, 11) is 0. The van der Waals surface area contributed by atoms with Gasteiger partial charge in [-0.05, 0) is 222 Å². The Hall–Kier alpha value is -8.46. The third-order valence-corrected chi connectivity index (χ3v) is 17.6. The Morgan fingerprint density at radius 2 is 0.947 bits per heavy atom. The van der Waals surface area contributed by atoms with Crippen LogP contribution >= 0.6 is 0 Å². The van der Waals surface area contributed by atoms with E-state index in [9.17, 15) is 0 Å². The average molecular weight is 977 g/mol. The molecule has 2 atom stereocenters. The first-order chi connectivity index (χ1) is 37.7. The van der Waals surface area contributed by atoms with Crippen LogP contribution in [0.5, 0.6) is 0 Å². The SMILES string of the molecule is C1=CC2=CC(N(c3ccc4ccccc4c3)C3C=c4c(-c5cccc6c5CCCC6)c5ccc(N(c6ccc7ccccc7c6)c6ccc7ccccc7c6)cc5c(-c5cccc6c5CCCC6)c4=CC3)=CCC2C=C1. The van der Waals surface area contributed by atoms with Gasteiger partial charge in [-0.2, -0.15) is 0 Å². The molecule has 0 spiro atoms. The van der Waals surface area contributed by atoms with Gasteiger partial charge in [0.15, 0.2) is 0 Å². The number of hydrogen-bond acceptors (Lipinski definition) is 2. The Morgan fingerprint density at radius 1 is 0.408 bits per heavy atom. The molecule has 0 aromatic heterocycles. The van der Waals surface area contributed by atoms with Crippen LogP contribution in [0, 0.1) is 5.92 Å². The van der Waals surface area contributed by atoms with Crippen molar-refractivity contribution in [1.29, 1.82) is 0 Å². The number of allylic oxidation sites excluding steroid dienone is 7.